The number of rotatable bonds is 8. The minimum atomic E-state index is 0.432. The van der Waals surface area contributed by atoms with Crippen LogP contribution in [-0.4, -0.2) is 49.1 Å². The zero-order chi connectivity index (χ0) is 18.2. The topological polar surface area (TPSA) is 52.6 Å². The summed E-state index contributed by atoms with van der Waals surface area (Å²) in [6.07, 6.45) is 4.56. The third-order valence-corrected chi connectivity index (χ3v) is 6.73. The molecule has 0 saturated carbocycles. The van der Waals surface area contributed by atoms with Gasteiger partial charge in [-0.25, -0.2) is 4.98 Å². The van der Waals surface area contributed by atoms with Crippen molar-refractivity contribution in [1.82, 2.24) is 20.5 Å². The largest absolute Gasteiger partial charge is 0.356 e. The monoisotopic (exact) mass is 391 g/mol. The summed E-state index contributed by atoms with van der Waals surface area (Å²) in [5.41, 5.74) is 1.17. The van der Waals surface area contributed by atoms with Crippen LogP contribution < -0.4 is 10.6 Å². The van der Waals surface area contributed by atoms with E-state index in [0.29, 0.717) is 6.04 Å². The first-order valence-electron chi connectivity index (χ1n) is 9.45. The molecule has 0 radical (unpaired) electrons. The fourth-order valence-corrected chi connectivity index (χ4v) is 4.93. The predicted octanol–water partition coefficient (Wildman–Crippen LogP) is 3.31. The minimum absolute atomic E-state index is 0.432. The van der Waals surface area contributed by atoms with Crippen molar-refractivity contribution < 1.29 is 0 Å². The Bertz CT molecular complexity index is 674. The Labute approximate surface area is 164 Å². The number of aliphatic imine (C=N–C) groups is 1. The Morgan fingerprint density at radius 1 is 1.31 bits per heavy atom. The molecule has 2 aromatic rings. The quantitative estimate of drug-likeness (QED) is 0.535. The molecule has 26 heavy (non-hydrogen) atoms. The molecule has 2 aromatic heterocycles. The highest BCUT2D eigenvalue weighted by molar-refractivity contribution is 7.10. The Morgan fingerprint density at radius 3 is 2.81 bits per heavy atom. The standard InChI is InChI=1S/C19H29N5S2/c1-3-18-23-15(14-26-18)8-9-21-19(20-2)22-13-16(17-7-6-12-25-17)24-10-4-5-11-24/h6-7,12,14,16H,3-5,8-11,13H2,1-2H3,(H2,20,21,22). The van der Waals surface area contributed by atoms with Gasteiger partial charge in [0.25, 0.3) is 0 Å². The molecule has 1 aliphatic heterocycles. The highest BCUT2D eigenvalue weighted by atomic mass is 32.1. The van der Waals surface area contributed by atoms with Crippen LogP contribution in [0.2, 0.25) is 0 Å². The summed E-state index contributed by atoms with van der Waals surface area (Å²) in [5.74, 6) is 0.872. The molecule has 0 bridgehead atoms. The molecule has 0 aromatic carbocycles. The molecule has 0 spiro atoms. The maximum absolute atomic E-state index is 4.62. The molecule has 1 aliphatic rings. The van der Waals surface area contributed by atoms with Crippen molar-refractivity contribution in [2.24, 2.45) is 4.99 Å². The van der Waals surface area contributed by atoms with E-state index in [4.69, 9.17) is 0 Å². The zero-order valence-corrected chi connectivity index (χ0v) is 17.3. The van der Waals surface area contributed by atoms with Gasteiger partial charge in [0, 0.05) is 36.8 Å². The van der Waals surface area contributed by atoms with Crippen molar-refractivity contribution in [3.05, 3.63) is 38.5 Å². The molecule has 0 amide bonds. The summed E-state index contributed by atoms with van der Waals surface area (Å²) in [4.78, 5) is 13.0. The summed E-state index contributed by atoms with van der Waals surface area (Å²) < 4.78 is 0. The zero-order valence-electron chi connectivity index (χ0n) is 15.7. The van der Waals surface area contributed by atoms with E-state index in [0.717, 1.165) is 31.9 Å². The van der Waals surface area contributed by atoms with Crippen molar-refractivity contribution in [2.75, 3.05) is 33.2 Å². The number of nitrogens with one attached hydrogen (secondary N) is 2. The number of aryl methyl sites for hydroxylation is 1. The van der Waals surface area contributed by atoms with Gasteiger partial charge in [0.15, 0.2) is 5.96 Å². The molecular formula is C19H29N5S2. The SMILES string of the molecule is CCc1nc(CCNC(=NC)NCC(c2cccs2)N2CCCC2)cs1. The average molecular weight is 392 g/mol. The van der Waals surface area contributed by atoms with Gasteiger partial charge < -0.3 is 10.6 Å². The Hall–Kier alpha value is -1.44. The molecule has 142 valence electrons. The van der Waals surface area contributed by atoms with Gasteiger partial charge in [-0.05, 0) is 43.8 Å². The fourth-order valence-electron chi connectivity index (χ4n) is 3.29. The van der Waals surface area contributed by atoms with Gasteiger partial charge in [0.05, 0.1) is 16.7 Å². The van der Waals surface area contributed by atoms with Crippen molar-refractivity contribution in [2.45, 2.75) is 38.6 Å². The molecule has 1 saturated heterocycles. The van der Waals surface area contributed by atoms with E-state index in [1.807, 2.05) is 18.4 Å². The molecule has 7 heteroatoms. The van der Waals surface area contributed by atoms with Crippen LogP contribution in [0.3, 0.4) is 0 Å². The smallest absolute Gasteiger partial charge is 0.191 e. The second-order valence-electron chi connectivity index (χ2n) is 6.49. The lowest BCUT2D eigenvalue weighted by Gasteiger charge is -2.27. The number of hydrogen-bond acceptors (Lipinski definition) is 5. The molecule has 3 rings (SSSR count). The van der Waals surface area contributed by atoms with Crippen LogP contribution in [0, 0.1) is 0 Å². The molecule has 3 heterocycles. The van der Waals surface area contributed by atoms with Crippen molar-refractivity contribution in [3.63, 3.8) is 0 Å². The fraction of sp³-hybridized carbons (Fsp3) is 0.579. The first-order valence-corrected chi connectivity index (χ1v) is 11.2. The van der Waals surface area contributed by atoms with Crippen LogP contribution >= 0.6 is 22.7 Å². The van der Waals surface area contributed by atoms with Gasteiger partial charge in [0.2, 0.25) is 0 Å². The Balaban J connectivity index is 1.48. The highest BCUT2D eigenvalue weighted by Gasteiger charge is 2.24. The highest BCUT2D eigenvalue weighted by Crippen LogP contribution is 2.27. The van der Waals surface area contributed by atoms with Gasteiger partial charge in [-0.1, -0.05) is 13.0 Å². The van der Waals surface area contributed by atoms with Gasteiger partial charge in [-0.3, -0.25) is 9.89 Å². The van der Waals surface area contributed by atoms with Crippen molar-refractivity contribution in [1.29, 1.82) is 0 Å². The lowest BCUT2D eigenvalue weighted by atomic mass is 10.2. The Morgan fingerprint density at radius 2 is 2.15 bits per heavy atom. The number of thiophene rings is 1. The number of likely N-dealkylation sites (tertiary alicyclic amines) is 1. The normalized spacial score (nSPS) is 16.8. The molecule has 1 fully saturated rings. The van der Waals surface area contributed by atoms with Crippen LogP contribution in [0.15, 0.2) is 27.9 Å². The van der Waals surface area contributed by atoms with E-state index in [2.05, 4.69) is 55.3 Å². The second kappa shape index (κ2) is 10.0. The molecular weight excluding hydrogens is 362 g/mol. The van der Waals surface area contributed by atoms with Crippen molar-refractivity contribution >= 4 is 28.6 Å². The van der Waals surface area contributed by atoms with E-state index in [1.54, 1.807) is 11.3 Å². The second-order valence-corrected chi connectivity index (χ2v) is 8.41. The number of nitrogens with zero attached hydrogens (tertiary/aromatic N) is 3. The van der Waals surface area contributed by atoms with Gasteiger partial charge in [0.1, 0.15) is 0 Å². The third-order valence-electron chi connectivity index (χ3n) is 4.71. The predicted molar refractivity (Wildman–Crippen MR) is 112 cm³/mol. The summed E-state index contributed by atoms with van der Waals surface area (Å²) in [6.45, 7) is 6.27. The molecule has 0 aliphatic carbocycles. The van der Waals surface area contributed by atoms with Gasteiger partial charge in [-0.15, -0.1) is 22.7 Å². The average Bonchev–Trinajstić information content (AvgIpc) is 3.42. The lowest BCUT2D eigenvalue weighted by Crippen LogP contribution is -2.43. The van der Waals surface area contributed by atoms with E-state index in [1.165, 1.54) is 41.5 Å². The molecule has 2 N–H and O–H groups in total. The maximum atomic E-state index is 4.62. The first-order chi connectivity index (χ1) is 12.8. The molecule has 1 unspecified atom stereocenters. The summed E-state index contributed by atoms with van der Waals surface area (Å²) in [5, 5.41) is 12.5. The molecule has 1 atom stereocenters. The van der Waals surface area contributed by atoms with Crippen molar-refractivity contribution in [3.8, 4) is 0 Å². The lowest BCUT2D eigenvalue weighted by molar-refractivity contribution is 0.249. The number of aromatic nitrogens is 1. The van der Waals surface area contributed by atoms with Crippen LogP contribution in [-0.2, 0) is 12.8 Å². The van der Waals surface area contributed by atoms with Gasteiger partial charge in [-0.2, -0.15) is 0 Å². The van der Waals surface area contributed by atoms with Crippen LogP contribution in [0.4, 0.5) is 0 Å². The van der Waals surface area contributed by atoms with Crippen LogP contribution in [0.25, 0.3) is 0 Å². The number of hydrogen-bond donors (Lipinski definition) is 2. The Kier molecular flexibility index (Phi) is 7.46. The van der Waals surface area contributed by atoms with Crippen LogP contribution in [0.5, 0.6) is 0 Å². The number of guanidine groups is 1. The number of thiazole rings is 1. The molecule has 5 nitrogen and oxygen atoms in total. The van der Waals surface area contributed by atoms with E-state index < -0.39 is 0 Å². The van der Waals surface area contributed by atoms with E-state index in [9.17, 15) is 0 Å². The third kappa shape index (κ3) is 5.28. The van der Waals surface area contributed by atoms with Gasteiger partial charge >= 0.3 is 0 Å². The van der Waals surface area contributed by atoms with E-state index in [-0.39, 0.29) is 0 Å². The minimum Gasteiger partial charge on any atom is -0.356 e. The summed E-state index contributed by atoms with van der Waals surface area (Å²) in [6, 6.07) is 4.83. The van der Waals surface area contributed by atoms with Crippen LogP contribution in [0.1, 0.15) is 41.4 Å². The van der Waals surface area contributed by atoms with E-state index >= 15 is 0 Å². The summed E-state index contributed by atoms with van der Waals surface area (Å²) >= 11 is 3.60. The first kappa shape index (κ1) is 19.3. The summed E-state index contributed by atoms with van der Waals surface area (Å²) in [7, 11) is 1.84. The maximum Gasteiger partial charge on any atom is 0.191 e.